The zero-order valence-electron chi connectivity index (χ0n) is 12.0. The van der Waals surface area contributed by atoms with Crippen LogP contribution in [0.2, 0.25) is 0 Å². The minimum absolute atomic E-state index is 0.230. The normalized spacial score (nSPS) is 13.9. The van der Waals surface area contributed by atoms with E-state index in [1.54, 1.807) is 12.1 Å². The lowest BCUT2D eigenvalue weighted by atomic mass is 10.2. The first-order valence-corrected chi connectivity index (χ1v) is 7.64. The summed E-state index contributed by atoms with van der Waals surface area (Å²) < 4.78 is 5.01. The maximum atomic E-state index is 11.8. The molecule has 6 heteroatoms. The van der Waals surface area contributed by atoms with Crippen LogP contribution in [0.3, 0.4) is 0 Å². The third-order valence-corrected chi connectivity index (χ3v) is 3.77. The van der Waals surface area contributed by atoms with Gasteiger partial charge in [0.05, 0.1) is 6.26 Å². The van der Waals surface area contributed by atoms with Crippen LogP contribution in [-0.2, 0) is 0 Å². The fourth-order valence-corrected chi connectivity index (χ4v) is 2.68. The van der Waals surface area contributed by atoms with Crippen molar-refractivity contribution in [2.75, 3.05) is 23.3 Å². The molecule has 1 amide bonds. The van der Waals surface area contributed by atoms with Crippen molar-refractivity contribution in [3.8, 4) is 0 Å². The Labute approximate surface area is 134 Å². The Kier molecular flexibility index (Phi) is 4.39. The highest BCUT2D eigenvalue weighted by atomic mass is 32.1. The SMILES string of the molecule is O=C(NC(=S)Nc1ccc(N2CCCC2)cc1)c1ccco1. The van der Waals surface area contributed by atoms with Gasteiger partial charge in [-0.1, -0.05) is 0 Å². The number of carbonyl (C=O) groups is 1. The molecule has 0 radical (unpaired) electrons. The van der Waals surface area contributed by atoms with Crippen LogP contribution in [0.5, 0.6) is 0 Å². The molecule has 3 rings (SSSR count). The summed E-state index contributed by atoms with van der Waals surface area (Å²) in [7, 11) is 0. The first-order chi connectivity index (χ1) is 10.7. The molecule has 1 aliphatic heterocycles. The second-order valence-electron chi connectivity index (χ2n) is 5.13. The van der Waals surface area contributed by atoms with Gasteiger partial charge in [0.15, 0.2) is 10.9 Å². The lowest BCUT2D eigenvalue weighted by molar-refractivity contribution is 0.0950. The average molecular weight is 315 g/mol. The molecule has 1 fully saturated rings. The summed E-state index contributed by atoms with van der Waals surface area (Å²) in [4.78, 5) is 14.2. The Morgan fingerprint density at radius 1 is 1.14 bits per heavy atom. The van der Waals surface area contributed by atoms with Gasteiger partial charge in [-0.05, 0) is 61.5 Å². The lowest BCUT2D eigenvalue weighted by Crippen LogP contribution is -2.33. The number of amides is 1. The standard InChI is InChI=1S/C16H17N3O2S/c20-15(14-4-3-11-21-14)18-16(22)17-12-5-7-13(8-6-12)19-9-1-2-10-19/h3-8,11H,1-2,9-10H2,(H2,17,18,20,22). The molecular formula is C16H17N3O2S. The maximum absolute atomic E-state index is 11.8. The van der Waals surface area contributed by atoms with Crippen LogP contribution in [-0.4, -0.2) is 24.1 Å². The van der Waals surface area contributed by atoms with Crippen molar-refractivity contribution in [2.45, 2.75) is 12.8 Å². The Balaban J connectivity index is 1.56. The van der Waals surface area contributed by atoms with Crippen LogP contribution >= 0.6 is 12.2 Å². The van der Waals surface area contributed by atoms with Crippen LogP contribution in [0.15, 0.2) is 47.1 Å². The van der Waals surface area contributed by atoms with E-state index in [1.807, 2.05) is 12.1 Å². The molecule has 2 heterocycles. The van der Waals surface area contributed by atoms with Crippen LogP contribution in [0.25, 0.3) is 0 Å². The molecule has 2 aromatic rings. The van der Waals surface area contributed by atoms with Gasteiger partial charge in [-0.2, -0.15) is 0 Å². The Morgan fingerprint density at radius 3 is 2.50 bits per heavy atom. The second kappa shape index (κ2) is 6.62. The van der Waals surface area contributed by atoms with Gasteiger partial charge in [-0.3, -0.25) is 10.1 Å². The molecule has 22 heavy (non-hydrogen) atoms. The lowest BCUT2D eigenvalue weighted by Gasteiger charge is -2.18. The number of nitrogens with one attached hydrogen (secondary N) is 2. The summed E-state index contributed by atoms with van der Waals surface area (Å²) in [6, 6.07) is 11.3. The first kappa shape index (κ1) is 14.6. The van der Waals surface area contributed by atoms with Crippen molar-refractivity contribution >= 4 is 34.6 Å². The maximum Gasteiger partial charge on any atom is 0.293 e. The topological polar surface area (TPSA) is 57.5 Å². The highest BCUT2D eigenvalue weighted by molar-refractivity contribution is 7.80. The minimum Gasteiger partial charge on any atom is -0.459 e. The van der Waals surface area contributed by atoms with Gasteiger partial charge in [0.2, 0.25) is 0 Å². The van der Waals surface area contributed by atoms with Gasteiger partial charge in [0.25, 0.3) is 5.91 Å². The van der Waals surface area contributed by atoms with Gasteiger partial charge in [-0.15, -0.1) is 0 Å². The van der Waals surface area contributed by atoms with Gasteiger partial charge >= 0.3 is 0 Å². The van der Waals surface area contributed by atoms with Crippen molar-refractivity contribution in [3.05, 3.63) is 48.4 Å². The highest BCUT2D eigenvalue weighted by Gasteiger charge is 2.13. The molecule has 0 saturated carbocycles. The third kappa shape index (κ3) is 3.46. The number of hydrogen-bond donors (Lipinski definition) is 2. The van der Waals surface area contributed by atoms with Crippen molar-refractivity contribution in [2.24, 2.45) is 0 Å². The van der Waals surface area contributed by atoms with Gasteiger partial charge in [0.1, 0.15) is 0 Å². The quantitative estimate of drug-likeness (QED) is 0.853. The molecule has 114 valence electrons. The van der Waals surface area contributed by atoms with Gasteiger partial charge in [0, 0.05) is 24.5 Å². The summed E-state index contributed by atoms with van der Waals surface area (Å²) in [5.41, 5.74) is 2.06. The number of thiocarbonyl (C=S) groups is 1. The number of nitrogens with zero attached hydrogens (tertiary/aromatic N) is 1. The monoisotopic (exact) mass is 315 g/mol. The summed E-state index contributed by atoms with van der Waals surface area (Å²) in [5.74, 6) is -0.135. The van der Waals surface area contributed by atoms with E-state index >= 15 is 0 Å². The second-order valence-corrected chi connectivity index (χ2v) is 5.53. The van der Waals surface area contributed by atoms with Gasteiger partial charge < -0.3 is 14.6 Å². The molecule has 0 atom stereocenters. The molecular weight excluding hydrogens is 298 g/mol. The van der Waals surface area contributed by atoms with E-state index in [0.29, 0.717) is 0 Å². The Bertz CT molecular complexity index is 647. The van der Waals surface area contributed by atoms with Crippen molar-refractivity contribution < 1.29 is 9.21 Å². The average Bonchev–Trinajstić information content (AvgIpc) is 3.21. The van der Waals surface area contributed by atoms with E-state index in [1.165, 1.54) is 24.8 Å². The van der Waals surface area contributed by atoms with Crippen LogP contribution in [0.4, 0.5) is 11.4 Å². The molecule has 5 nitrogen and oxygen atoms in total. The molecule has 1 aromatic heterocycles. The molecule has 1 aromatic carbocycles. The smallest absolute Gasteiger partial charge is 0.293 e. The number of carbonyl (C=O) groups excluding carboxylic acids is 1. The van der Waals surface area contributed by atoms with Crippen LogP contribution in [0, 0.1) is 0 Å². The molecule has 0 bridgehead atoms. The molecule has 1 saturated heterocycles. The fourth-order valence-electron chi connectivity index (χ4n) is 2.47. The highest BCUT2D eigenvalue weighted by Crippen LogP contribution is 2.21. The van der Waals surface area contributed by atoms with Crippen LogP contribution < -0.4 is 15.5 Å². The number of benzene rings is 1. The summed E-state index contributed by atoms with van der Waals surface area (Å²) in [6.07, 6.45) is 3.95. The molecule has 0 spiro atoms. The van der Waals surface area contributed by atoms with E-state index in [9.17, 15) is 4.79 Å². The van der Waals surface area contributed by atoms with E-state index < -0.39 is 0 Å². The number of anilines is 2. The molecule has 0 aliphatic carbocycles. The fraction of sp³-hybridized carbons (Fsp3) is 0.250. The molecule has 0 unspecified atom stereocenters. The Morgan fingerprint density at radius 2 is 1.86 bits per heavy atom. The van der Waals surface area contributed by atoms with E-state index in [0.717, 1.165) is 18.8 Å². The number of furan rings is 1. The largest absolute Gasteiger partial charge is 0.459 e. The molecule has 2 N–H and O–H groups in total. The predicted octanol–water partition coefficient (Wildman–Crippen LogP) is 3.01. The first-order valence-electron chi connectivity index (χ1n) is 7.23. The zero-order valence-corrected chi connectivity index (χ0v) is 12.9. The third-order valence-electron chi connectivity index (χ3n) is 3.57. The van der Waals surface area contributed by atoms with Crippen LogP contribution in [0.1, 0.15) is 23.4 Å². The number of hydrogen-bond acceptors (Lipinski definition) is 4. The van der Waals surface area contributed by atoms with E-state index in [4.69, 9.17) is 16.6 Å². The van der Waals surface area contributed by atoms with Crippen molar-refractivity contribution in [1.82, 2.24) is 5.32 Å². The van der Waals surface area contributed by atoms with Crippen molar-refractivity contribution in [3.63, 3.8) is 0 Å². The molecule has 1 aliphatic rings. The predicted molar refractivity (Wildman–Crippen MR) is 90.3 cm³/mol. The van der Waals surface area contributed by atoms with Crippen molar-refractivity contribution in [1.29, 1.82) is 0 Å². The van der Waals surface area contributed by atoms with E-state index in [-0.39, 0.29) is 16.8 Å². The zero-order chi connectivity index (χ0) is 15.4. The summed E-state index contributed by atoms with van der Waals surface area (Å²) in [6.45, 7) is 2.23. The summed E-state index contributed by atoms with van der Waals surface area (Å²) >= 11 is 5.13. The number of rotatable bonds is 3. The minimum atomic E-state index is -0.365. The van der Waals surface area contributed by atoms with Gasteiger partial charge in [-0.25, -0.2) is 0 Å². The summed E-state index contributed by atoms with van der Waals surface area (Å²) in [5, 5.41) is 5.82. The Hall–Kier alpha value is -2.34. The van der Waals surface area contributed by atoms with E-state index in [2.05, 4.69) is 27.7 Å².